The van der Waals surface area contributed by atoms with Gasteiger partial charge in [0.15, 0.2) is 0 Å². The number of halogens is 2. The molecule has 0 atom stereocenters. The van der Waals surface area contributed by atoms with Gasteiger partial charge in [-0.1, -0.05) is 19.6 Å². The maximum atomic E-state index is 13.6. The molecule has 0 heterocycles. The van der Waals surface area contributed by atoms with E-state index in [2.05, 4.69) is 0 Å². The Kier molecular flexibility index (Phi) is 4.68. The lowest BCUT2D eigenvalue weighted by Gasteiger charge is -2.28. The van der Waals surface area contributed by atoms with E-state index in [1.165, 1.54) is 0 Å². The van der Waals surface area contributed by atoms with Crippen LogP contribution >= 0.6 is 0 Å². The molecule has 0 aliphatic heterocycles. The van der Waals surface area contributed by atoms with E-state index in [9.17, 15) is 13.6 Å². The molecule has 0 saturated carbocycles. The van der Waals surface area contributed by atoms with Crippen LogP contribution in [-0.2, 0) is 9.53 Å². The predicted octanol–water partition coefficient (Wildman–Crippen LogP) is 3.62. The Morgan fingerprint density at radius 2 is 1.62 bits per heavy atom. The molecule has 0 aliphatic carbocycles. The maximum Gasteiger partial charge on any atom is 0.306 e. The zero-order valence-corrected chi connectivity index (χ0v) is 12.0. The fourth-order valence-electron chi connectivity index (χ4n) is 1.03. The Morgan fingerprint density at radius 3 is 1.94 bits per heavy atom. The fourth-order valence-corrected chi connectivity index (χ4v) is 1.90. The van der Waals surface area contributed by atoms with Gasteiger partial charge < -0.3 is 4.74 Å². The van der Waals surface area contributed by atoms with Crippen molar-refractivity contribution in [3.05, 3.63) is 0 Å². The minimum absolute atomic E-state index is 0.214. The molecule has 0 N–H and O–H groups in total. The second kappa shape index (κ2) is 4.81. The Labute approximate surface area is 97.4 Å². The van der Waals surface area contributed by atoms with Gasteiger partial charge in [0.1, 0.15) is 13.7 Å². The van der Waals surface area contributed by atoms with E-state index in [1.54, 1.807) is 40.4 Å². The van der Waals surface area contributed by atoms with Crippen molar-refractivity contribution in [2.24, 2.45) is 0 Å². The predicted molar refractivity (Wildman–Crippen MR) is 63.4 cm³/mol. The zero-order valence-electron chi connectivity index (χ0n) is 11.0. The summed E-state index contributed by atoms with van der Waals surface area (Å²) in [6, 6.07) is 0. The van der Waals surface area contributed by atoms with Crippen molar-refractivity contribution in [3.63, 3.8) is 0 Å². The van der Waals surface area contributed by atoms with Gasteiger partial charge in [-0.3, -0.25) is 4.79 Å². The van der Waals surface area contributed by atoms with Gasteiger partial charge in [-0.2, -0.15) is 0 Å². The van der Waals surface area contributed by atoms with Gasteiger partial charge in [-0.15, -0.1) is 0 Å². The molecule has 96 valence electrons. The number of carbonyl (C=O) groups is 1. The van der Waals surface area contributed by atoms with E-state index in [-0.39, 0.29) is 6.42 Å². The maximum absolute atomic E-state index is 13.6. The first-order valence-electron chi connectivity index (χ1n) is 5.45. The lowest BCUT2D eigenvalue weighted by atomic mass is 10.2. The topological polar surface area (TPSA) is 26.3 Å². The Bertz CT molecular complexity index is 252. The van der Waals surface area contributed by atoms with Crippen LogP contribution in [-0.4, -0.2) is 25.2 Å². The Balaban J connectivity index is 4.22. The first-order valence-corrected chi connectivity index (χ1v) is 8.95. The van der Waals surface area contributed by atoms with Crippen molar-refractivity contribution in [3.8, 4) is 0 Å². The molecule has 0 saturated heterocycles. The number of hydrogen-bond acceptors (Lipinski definition) is 2. The first kappa shape index (κ1) is 15.5. The van der Waals surface area contributed by atoms with Gasteiger partial charge in [0, 0.05) is 6.42 Å². The van der Waals surface area contributed by atoms with Gasteiger partial charge in [0.05, 0.1) is 6.42 Å². The van der Waals surface area contributed by atoms with Gasteiger partial charge in [-0.05, 0) is 20.8 Å². The van der Waals surface area contributed by atoms with E-state index in [4.69, 9.17) is 4.74 Å². The Morgan fingerprint density at radius 1 is 1.19 bits per heavy atom. The molecule has 0 aromatic carbocycles. The molecular formula is C11H22F2O2Si. The number of carbonyl (C=O) groups excluding carboxylic acids is 1. The normalized spacial score (nSPS) is 13.8. The second-order valence-electron chi connectivity index (χ2n) is 6.04. The third kappa shape index (κ3) is 5.58. The number of ether oxygens (including phenoxy) is 1. The summed E-state index contributed by atoms with van der Waals surface area (Å²) in [4.78, 5) is 11.3. The van der Waals surface area contributed by atoms with Crippen LogP contribution in [0, 0.1) is 0 Å². The first-order chi connectivity index (χ1) is 6.85. The largest absolute Gasteiger partial charge is 0.460 e. The minimum atomic E-state index is -2.72. The van der Waals surface area contributed by atoms with Crippen molar-refractivity contribution in [1.29, 1.82) is 0 Å². The average Bonchev–Trinajstić information content (AvgIpc) is 1.95. The summed E-state index contributed by atoms with van der Waals surface area (Å²) < 4.78 is 32.1. The summed E-state index contributed by atoms with van der Waals surface area (Å²) in [5.41, 5.74) is -3.32. The second-order valence-corrected chi connectivity index (χ2v) is 11.3. The standard InChI is InChI=1S/C11H22F2O2Si/c1-10(2,3)15-9(14)7-8-11(12,13)16(4,5)6/h7-8H2,1-6H3. The molecule has 0 radical (unpaired) electrons. The van der Waals surface area contributed by atoms with Crippen LogP contribution in [0.5, 0.6) is 0 Å². The highest BCUT2D eigenvalue weighted by atomic mass is 28.3. The zero-order chi connectivity index (χ0) is 13.2. The molecule has 0 fully saturated rings. The smallest absolute Gasteiger partial charge is 0.306 e. The number of rotatable bonds is 4. The summed E-state index contributed by atoms with van der Waals surface area (Å²) >= 11 is 0. The number of alkyl halides is 2. The summed E-state index contributed by atoms with van der Waals surface area (Å²) in [6.07, 6.45) is -0.619. The fraction of sp³-hybridized carbons (Fsp3) is 0.909. The van der Waals surface area contributed by atoms with Crippen molar-refractivity contribution >= 4 is 14.0 Å². The van der Waals surface area contributed by atoms with E-state index < -0.39 is 31.6 Å². The molecular weight excluding hydrogens is 230 g/mol. The number of hydrogen-bond donors (Lipinski definition) is 0. The summed E-state index contributed by atoms with van der Waals surface area (Å²) in [7, 11) is -2.55. The molecule has 0 rings (SSSR count). The molecule has 0 unspecified atom stereocenters. The lowest BCUT2D eigenvalue weighted by Crippen LogP contribution is -2.45. The van der Waals surface area contributed by atoms with Crippen LogP contribution in [0.1, 0.15) is 33.6 Å². The quantitative estimate of drug-likeness (QED) is 0.564. The third-order valence-electron chi connectivity index (χ3n) is 2.16. The van der Waals surface area contributed by atoms with Crippen LogP contribution < -0.4 is 0 Å². The lowest BCUT2D eigenvalue weighted by molar-refractivity contribution is -0.156. The summed E-state index contributed by atoms with van der Waals surface area (Å²) in [6.45, 7) is 9.97. The Hall–Kier alpha value is -0.453. The molecule has 0 spiro atoms. The highest BCUT2D eigenvalue weighted by Crippen LogP contribution is 2.31. The van der Waals surface area contributed by atoms with Crippen LogP contribution in [0.25, 0.3) is 0 Å². The van der Waals surface area contributed by atoms with Crippen molar-refractivity contribution in [2.75, 3.05) is 0 Å². The van der Waals surface area contributed by atoms with Crippen molar-refractivity contribution < 1.29 is 18.3 Å². The van der Waals surface area contributed by atoms with Crippen LogP contribution in [0.3, 0.4) is 0 Å². The minimum Gasteiger partial charge on any atom is -0.460 e. The monoisotopic (exact) mass is 252 g/mol. The van der Waals surface area contributed by atoms with Crippen molar-refractivity contribution in [2.45, 2.75) is 64.4 Å². The molecule has 16 heavy (non-hydrogen) atoms. The number of esters is 1. The highest BCUT2D eigenvalue weighted by molar-refractivity contribution is 6.78. The molecule has 0 bridgehead atoms. The van der Waals surface area contributed by atoms with Gasteiger partial charge >= 0.3 is 5.97 Å². The highest BCUT2D eigenvalue weighted by Gasteiger charge is 2.44. The van der Waals surface area contributed by atoms with Crippen LogP contribution in [0.2, 0.25) is 19.6 Å². The van der Waals surface area contributed by atoms with E-state index in [0.29, 0.717) is 0 Å². The van der Waals surface area contributed by atoms with E-state index >= 15 is 0 Å². The summed E-state index contributed by atoms with van der Waals surface area (Å²) in [5.74, 6) is -0.551. The van der Waals surface area contributed by atoms with Gasteiger partial charge in [-0.25, -0.2) is 8.78 Å². The average molecular weight is 252 g/mol. The van der Waals surface area contributed by atoms with E-state index in [1.807, 2.05) is 0 Å². The SMILES string of the molecule is CC(C)(C)OC(=O)CCC(F)(F)[Si](C)(C)C. The third-order valence-corrected chi connectivity index (χ3v) is 4.60. The molecule has 0 aromatic rings. The molecule has 0 aromatic heterocycles. The van der Waals surface area contributed by atoms with Crippen LogP contribution in [0.15, 0.2) is 0 Å². The van der Waals surface area contributed by atoms with Gasteiger partial charge in [0.25, 0.3) is 0 Å². The molecule has 0 amide bonds. The van der Waals surface area contributed by atoms with E-state index in [0.717, 1.165) is 0 Å². The summed E-state index contributed by atoms with van der Waals surface area (Å²) in [5, 5.41) is 0. The molecule has 2 nitrogen and oxygen atoms in total. The van der Waals surface area contributed by atoms with Crippen molar-refractivity contribution in [1.82, 2.24) is 0 Å². The van der Waals surface area contributed by atoms with Gasteiger partial charge in [0.2, 0.25) is 5.55 Å². The molecule has 0 aliphatic rings. The van der Waals surface area contributed by atoms with Crippen LogP contribution in [0.4, 0.5) is 8.78 Å². The molecule has 5 heteroatoms.